The van der Waals surface area contributed by atoms with E-state index < -0.39 is 5.82 Å². The number of methoxy groups -OCH3 is 1. The Hall–Kier alpha value is -2.65. The zero-order valence-corrected chi connectivity index (χ0v) is 15.1. The number of thioether (sulfide) groups is 1. The van der Waals surface area contributed by atoms with E-state index >= 15 is 0 Å². The van der Waals surface area contributed by atoms with E-state index in [0.717, 1.165) is 11.8 Å². The molecule has 0 aliphatic carbocycles. The van der Waals surface area contributed by atoms with Crippen molar-refractivity contribution in [1.29, 1.82) is 0 Å². The molecule has 7 nitrogen and oxygen atoms in total. The number of halogens is 2. The van der Waals surface area contributed by atoms with Crippen molar-refractivity contribution in [1.82, 2.24) is 20.2 Å². The molecule has 1 aromatic heterocycles. The first kappa shape index (κ1) is 18.2. The number of tetrazole rings is 1. The van der Waals surface area contributed by atoms with E-state index in [1.807, 2.05) is 0 Å². The molecule has 3 rings (SSSR count). The second kappa shape index (κ2) is 8.15. The minimum Gasteiger partial charge on any atom is -0.495 e. The molecule has 2 aromatic carbocycles. The fourth-order valence-corrected chi connectivity index (χ4v) is 2.99. The lowest BCUT2D eigenvalue weighted by Gasteiger charge is -2.10. The average molecular weight is 394 g/mol. The number of ether oxygens (including phenoxy) is 1. The Morgan fingerprint density at radius 1 is 1.35 bits per heavy atom. The van der Waals surface area contributed by atoms with Crippen LogP contribution in [0.15, 0.2) is 47.6 Å². The zero-order chi connectivity index (χ0) is 18.5. The monoisotopic (exact) mass is 393 g/mol. The van der Waals surface area contributed by atoms with Crippen LogP contribution in [0.4, 0.5) is 10.1 Å². The quantitative estimate of drug-likeness (QED) is 0.648. The van der Waals surface area contributed by atoms with Gasteiger partial charge in [-0.15, -0.1) is 5.10 Å². The predicted octanol–water partition coefficient (Wildman–Crippen LogP) is 3.19. The van der Waals surface area contributed by atoms with Crippen LogP contribution in [0.25, 0.3) is 5.69 Å². The highest BCUT2D eigenvalue weighted by atomic mass is 35.5. The summed E-state index contributed by atoms with van der Waals surface area (Å²) in [6.07, 6.45) is 0. The van der Waals surface area contributed by atoms with Gasteiger partial charge in [0.1, 0.15) is 17.3 Å². The van der Waals surface area contributed by atoms with Crippen molar-refractivity contribution in [2.45, 2.75) is 5.16 Å². The fourth-order valence-electron chi connectivity index (χ4n) is 2.14. The first-order valence-electron chi connectivity index (χ1n) is 7.38. The first-order valence-corrected chi connectivity index (χ1v) is 8.74. The summed E-state index contributed by atoms with van der Waals surface area (Å²) in [5, 5.41) is 14.6. The SMILES string of the molecule is COc1ccc(Cl)cc1NC(=O)CSc1nnnn1-c1ccccc1F. The van der Waals surface area contributed by atoms with Crippen LogP contribution in [-0.2, 0) is 4.79 Å². The molecule has 0 fully saturated rings. The maximum absolute atomic E-state index is 13.9. The van der Waals surface area contributed by atoms with E-state index in [1.54, 1.807) is 36.4 Å². The van der Waals surface area contributed by atoms with Gasteiger partial charge in [0.25, 0.3) is 0 Å². The molecular formula is C16H13ClFN5O2S. The van der Waals surface area contributed by atoms with Crippen LogP contribution >= 0.6 is 23.4 Å². The third kappa shape index (κ3) is 4.12. The van der Waals surface area contributed by atoms with Crippen molar-refractivity contribution in [3.05, 3.63) is 53.3 Å². The normalized spacial score (nSPS) is 10.6. The molecule has 0 spiro atoms. The summed E-state index contributed by atoms with van der Waals surface area (Å²) in [7, 11) is 1.50. The van der Waals surface area contributed by atoms with Crippen LogP contribution in [0.2, 0.25) is 5.02 Å². The number of nitrogens with one attached hydrogen (secondary N) is 1. The number of hydrogen-bond acceptors (Lipinski definition) is 6. The van der Waals surface area contributed by atoms with Crippen molar-refractivity contribution in [3.63, 3.8) is 0 Å². The molecule has 26 heavy (non-hydrogen) atoms. The summed E-state index contributed by atoms with van der Waals surface area (Å²) < 4.78 is 20.3. The third-order valence-corrected chi connectivity index (χ3v) is 4.44. The van der Waals surface area contributed by atoms with Gasteiger partial charge < -0.3 is 10.1 Å². The molecule has 1 heterocycles. The molecule has 0 radical (unpaired) electrons. The van der Waals surface area contributed by atoms with E-state index in [-0.39, 0.29) is 17.3 Å². The maximum atomic E-state index is 13.9. The summed E-state index contributed by atoms with van der Waals surface area (Å²) in [5.74, 6) is -0.262. The predicted molar refractivity (Wildman–Crippen MR) is 96.5 cm³/mol. The molecule has 0 aliphatic heterocycles. The lowest BCUT2D eigenvalue weighted by atomic mass is 10.3. The van der Waals surface area contributed by atoms with E-state index in [2.05, 4.69) is 20.8 Å². The van der Waals surface area contributed by atoms with E-state index in [4.69, 9.17) is 16.3 Å². The molecule has 1 N–H and O–H groups in total. The number of rotatable bonds is 6. The lowest BCUT2D eigenvalue weighted by molar-refractivity contribution is -0.113. The van der Waals surface area contributed by atoms with Crippen LogP contribution in [-0.4, -0.2) is 39.0 Å². The second-order valence-electron chi connectivity index (χ2n) is 5.01. The standard InChI is InChI=1S/C16H13ClFN5O2S/c1-25-14-7-6-10(17)8-12(14)19-15(24)9-26-16-20-21-22-23(16)13-5-3-2-4-11(13)18/h2-8H,9H2,1H3,(H,19,24). The molecule has 3 aromatic rings. The van der Waals surface area contributed by atoms with Crippen molar-refractivity contribution in [2.75, 3.05) is 18.2 Å². The van der Waals surface area contributed by atoms with Gasteiger partial charge in [0.15, 0.2) is 0 Å². The molecule has 0 aliphatic rings. The summed E-state index contributed by atoms with van der Waals surface area (Å²) >= 11 is 7.02. The van der Waals surface area contributed by atoms with Crippen LogP contribution < -0.4 is 10.1 Å². The number of amides is 1. The van der Waals surface area contributed by atoms with Crippen LogP contribution in [0.5, 0.6) is 5.75 Å². The molecule has 0 bridgehead atoms. The molecule has 0 saturated heterocycles. The Morgan fingerprint density at radius 2 is 2.15 bits per heavy atom. The summed E-state index contributed by atoms with van der Waals surface area (Å²) in [4.78, 5) is 12.2. The van der Waals surface area contributed by atoms with E-state index in [9.17, 15) is 9.18 Å². The lowest BCUT2D eigenvalue weighted by Crippen LogP contribution is -2.15. The van der Waals surface area contributed by atoms with Crippen molar-refractivity contribution >= 4 is 35.0 Å². The van der Waals surface area contributed by atoms with Crippen molar-refractivity contribution < 1.29 is 13.9 Å². The largest absolute Gasteiger partial charge is 0.495 e. The van der Waals surface area contributed by atoms with Gasteiger partial charge in [-0.25, -0.2) is 4.39 Å². The highest BCUT2D eigenvalue weighted by Crippen LogP contribution is 2.28. The van der Waals surface area contributed by atoms with Gasteiger partial charge in [-0.05, 0) is 40.8 Å². The van der Waals surface area contributed by atoms with Gasteiger partial charge in [-0.2, -0.15) is 4.68 Å². The molecule has 0 unspecified atom stereocenters. The Balaban J connectivity index is 1.69. The number of hydrogen-bond donors (Lipinski definition) is 1. The molecule has 0 saturated carbocycles. The highest BCUT2D eigenvalue weighted by molar-refractivity contribution is 7.99. The van der Waals surface area contributed by atoms with Gasteiger partial charge in [-0.3, -0.25) is 4.79 Å². The second-order valence-corrected chi connectivity index (χ2v) is 6.39. The van der Waals surface area contributed by atoms with Crippen molar-refractivity contribution in [3.8, 4) is 11.4 Å². The van der Waals surface area contributed by atoms with E-state index in [1.165, 1.54) is 17.9 Å². The first-order chi connectivity index (χ1) is 12.6. The highest BCUT2D eigenvalue weighted by Gasteiger charge is 2.15. The van der Waals surface area contributed by atoms with Gasteiger partial charge in [-0.1, -0.05) is 35.5 Å². The summed E-state index contributed by atoms with van der Waals surface area (Å²) in [6, 6.07) is 11.0. The number of carbonyl (C=O) groups excluding carboxylic acids is 1. The maximum Gasteiger partial charge on any atom is 0.234 e. The minimum atomic E-state index is -0.463. The molecular weight excluding hydrogens is 381 g/mol. The minimum absolute atomic E-state index is 0.0183. The fraction of sp³-hybridized carbons (Fsp3) is 0.125. The number of carbonyl (C=O) groups is 1. The average Bonchev–Trinajstić information content (AvgIpc) is 3.09. The molecule has 1 amide bonds. The van der Waals surface area contributed by atoms with Gasteiger partial charge in [0, 0.05) is 5.02 Å². The third-order valence-electron chi connectivity index (χ3n) is 3.29. The number of anilines is 1. The molecule has 10 heteroatoms. The number of benzene rings is 2. The topological polar surface area (TPSA) is 81.9 Å². The smallest absolute Gasteiger partial charge is 0.234 e. The van der Waals surface area contributed by atoms with Gasteiger partial charge in [0.2, 0.25) is 11.1 Å². The van der Waals surface area contributed by atoms with Gasteiger partial charge in [0.05, 0.1) is 18.6 Å². The Morgan fingerprint density at radius 3 is 2.92 bits per heavy atom. The summed E-state index contributed by atoms with van der Waals surface area (Å²) in [6.45, 7) is 0. The molecule has 0 atom stereocenters. The zero-order valence-electron chi connectivity index (χ0n) is 13.5. The van der Waals surface area contributed by atoms with Crippen LogP contribution in [0.3, 0.4) is 0 Å². The van der Waals surface area contributed by atoms with Crippen LogP contribution in [0.1, 0.15) is 0 Å². The van der Waals surface area contributed by atoms with Gasteiger partial charge >= 0.3 is 0 Å². The number of nitrogens with zero attached hydrogens (tertiary/aromatic N) is 4. The molecule has 134 valence electrons. The number of aromatic nitrogens is 4. The Labute approximate surface area is 157 Å². The van der Waals surface area contributed by atoms with Crippen LogP contribution in [0, 0.1) is 5.82 Å². The van der Waals surface area contributed by atoms with E-state index in [0.29, 0.717) is 21.6 Å². The number of para-hydroxylation sites is 1. The Bertz CT molecular complexity index is 937. The summed E-state index contributed by atoms with van der Waals surface area (Å²) in [5.41, 5.74) is 0.663. The van der Waals surface area contributed by atoms with Crippen molar-refractivity contribution in [2.24, 2.45) is 0 Å². The Kier molecular flexibility index (Phi) is 5.69.